The molecular formula is C12H21N3O5. The summed E-state index contributed by atoms with van der Waals surface area (Å²) in [7, 11) is 1.52. The van der Waals surface area contributed by atoms with Gasteiger partial charge in [-0.25, -0.2) is 4.79 Å². The standard InChI is InChI=1S/C12H21N3O5/c1-20-7-4-13-12(19)14-10(16)8-15-5-2-9(3-6-15)11(17)18/h9H,2-8H2,1H3,(H,17,18)(H2,13,14,16,19). The molecule has 1 heterocycles. The molecule has 0 unspecified atom stereocenters. The molecule has 0 aromatic heterocycles. The maximum atomic E-state index is 11.6. The fourth-order valence-corrected chi connectivity index (χ4v) is 2.02. The van der Waals surface area contributed by atoms with Gasteiger partial charge in [-0.3, -0.25) is 19.8 Å². The summed E-state index contributed by atoms with van der Waals surface area (Å²) in [5, 5.41) is 13.6. The van der Waals surface area contributed by atoms with Crippen LogP contribution in [0.5, 0.6) is 0 Å². The van der Waals surface area contributed by atoms with Crippen molar-refractivity contribution in [2.45, 2.75) is 12.8 Å². The summed E-state index contributed by atoms with van der Waals surface area (Å²) in [5.41, 5.74) is 0. The number of piperidine rings is 1. The maximum absolute atomic E-state index is 11.6. The van der Waals surface area contributed by atoms with Gasteiger partial charge in [-0.2, -0.15) is 0 Å². The highest BCUT2D eigenvalue weighted by atomic mass is 16.5. The Kier molecular flexibility index (Phi) is 6.96. The number of carbonyl (C=O) groups is 3. The van der Waals surface area contributed by atoms with Crippen LogP contribution in [0.4, 0.5) is 4.79 Å². The Hall–Kier alpha value is -1.67. The van der Waals surface area contributed by atoms with Crippen LogP contribution in [0, 0.1) is 5.92 Å². The lowest BCUT2D eigenvalue weighted by molar-refractivity contribution is -0.143. The first-order valence-electron chi connectivity index (χ1n) is 6.54. The minimum Gasteiger partial charge on any atom is -0.481 e. The molecule has 1 aliphatic rings. The summed E-state index contributed by atoms with van der Waals surface area (Å²) in [5.74, 6) is -1.51. The second-order valence-corrected chi connectivity index (χ2v) is 4.69. The minimum atomic E-state index is -0.786. The van der Waals surface area contributed by atoms with Crippen molar-refractivity contribution < 1.29 is 24.2 Å². The largest absolute Gasteiger partial charge is 0.481 e. The number of rotatable bonds is 6. The van der Waals surface area contributed by atoms with E-state index in [0.717, 1.165) is 0 Å². The van der Waals surface area contributed by atoms with Crippen LogP contribution < -0.4 is 10.6 Å². The summed E-state index contributed by atoms with van der Waals surface area (Å²) in [6.07, 6.45) is 1.06. The van der Waals surface area contributed by atoms with E-state index in [1.165, 1.54) is 7.11 Å². The van der Waals surface area contributed by atoms with Crippen LogP contribution >= 0.6 is 0 Å². The lowest BCUT2D eigenvalue weighted by Crippen LogP contribution is -2.47. The van der Waals surface area contributed by atoms with E-state index in [2.05, 4.69) is 10.6 Å². The van der Waals surface area contributed by atoms with E-state index in [1.807, 2.05) is 4.90 Å². The van der Waals surface area contributed by atoms with Crippen molar-refractivity contribution in [1.82, 2.24) is 15.5 Å². The predicted octanol–water partition coefficient (Wildman–Crippen LogP) is -0.745. The minimum absolute atomic E-state index is 0.101. The van der Waals surface area contributed by atoms with Gasteiger partial charge in [0.1, 0.15) is 0 Å². The number of carbonyl (C=O) groups excluding carboxylic acids is 2. The fourth-order valence-electron chi connectivity index (χ4n) is 2.02. The van der Waals surface area contributed by atoms with Gasteiger partial charge in [-0.05, 0) is 25.9 Å². The Morgan fingerprint density at radius 2 is 1.95 bits per heavy atom. The number of imide groups is 1. The zero-order valence-corrected chi connectivity index (χ0v) is 11.6. The molecule has 1 aliphatic heterocycles. The molecule has 1 fully saturated rings. The van der Waals surface area contributed by atoms with Crippen molar-refractivity contribution in [3.63, 3.8) is 0 Å². The molecule has 8 nitrogen and oxygen atoms in total. The molecule has 0 saturated carbocycles. The zero-order valence-electron chi connectivity index (χ0n) is 11.6. The number of carboxylic acid groups (broad SMARTS) is 1. The van der Waals surface area contributed by atoms with Crippen LogP contribution in [-0.4, -0.2) is 67.8 Å². The molecule has 1 rings (SSSR count). The van der Waals surface area contributed by atoms with Crippen LogP contribution in [0.2, 0.25) is 0 Å². The Balaban J connectivity index is 2.20. The summed E-state index contributed by atoms with van der Waals surface area (Å²) in [6.45, 7) is 1.92. The van der Waals surface area contributed by atoms with E-state index in [9.17, 15) is 14.4 Å². The Labute approximate surface area is 117 Å². The molecule has 8 heteroatoms. The van der Waals surface area contributed by atoms with E-state index >= 15 is 0 Å². The Morgan fingerprint density at radius 3 is 2.50 bits per heavy atom. The number of hydrogen-bond donors (Lipinski definition) is 3. The Morgan fingerprint density at radius 1 is 1.30 bits per heavy atom. The molecule has 3 N–H and O–H groups in total. The third-order valence-corrected chi connectivity index (χ3v) is 3.15. The highest BCUT2D eigenvalue weighted by Crippen LogP contribution is 2.16. The highest BCUT2D eigenvalue weighted by Gasteiger charge is 2.25. The zero-order chi connectivity index (χ0) is 15.0. The van der Waals surface area contributed by atoms with Gasteiger partial charge >= 0.3 is 12.0 Å². The number of methoxy groups -OCH3 is 1. The summed E-state index contributed by atoms with van der Waals surface area (Å²) < 4.78 is 4.76. The van der Waals surface area contributed by atoms with Crippen molar-refractivity contribution in [3.8, 4) is 0 Å². The number of hydrogen-bond acceptors (Lipinski definition) is 5. The first kappa shape index (κ1) is 16.4. The topological polar surface area (TPSA) is 108 Å². The van der Waals surface area contributed by atoms with E-state index in [1.54, 1.807) is 0 Å². The van der Waals surface area contributed by atoms with Gasteiger partial charge in [0.15, 0.2) is 0 Å². The number of amides is 3. The first-order chi connectivity index (χ1) is 9.52. The van der Waals surface area contributed by atoms with Crippen LogP contribution in [0.15, 0.2) is 0 Å². The third-order valence-electron chi connectivity index (χ3n) is 3.15. The molecule has 0 aromatic carbocycles. The van der Waals surface area contributed by atoms with E-state index in [4.69, 9.17) is 9.84 Å². The van der Waals surface area contributed by atoms with Crippen LogP contribution in [0.1, 0.15) is 12.8 Å². The number of urea groups is 1. The number of ether oxygens (including phenoxy) is 1. The van der Waals surface area contributed by atoms with Crippen molar-refractivity contribution >= 4 is 17.9 Å². The molecule has 0 aliphatic carbocycles. The quantitative estimate of drug-likeness (QED) is 0.555. The highest BCUT2D eigenvalue weighted by molar-refractivity contribution is 5.95. The number of likely N-dealkylation sites (tertiary alicyclic amines) is 1. The molecule has 0 bridgehead atoms. The van der Waals surface area contributed by atoms with Gasteiger partial charge in [0.2, 0.25) is 5.91 Å². The lowest BCUT2D eigenvalue weighted by atomic mass is 9.97. The van der Waals surface area contributed by atoms with Crippen molar-refractivity contribution in [3.05, 3.63) is 0 Å². The monoisotopic (exact) mass is 287 g/mol. The average molecular weight is 287 g/mol. The Bertz CT molecular complexity index is 353. The lowest BCUT2D eigenvalue weighted by Gasteiger charge is -2.29. The predicted molar refractivity (Wildman–Crippen MR) is 70.2 cm³/mol. The van der Waals surface area contributed by atoms with Crippen molar-refractivity contribution in [2.75, 3.05) is 39.9 Å². The number of nitrogens with zero attached hydrogens (tertiary/aromatic N) is 1. The molecule has 0 radical (unpaired) electrons. The van der Waals surface area contributed by atoms with E-state index < -0.39 is 17.9 Å². The molecule has 114 valence electrons. The van der Waals surface area contributed by atoms with Crippen molar-refractivity contribution in [1.29, 1.82) is 0 Å². The van der Waals surface area contributed by atoms with E-state index in [-0.39, 0.29) is 12.5 Å². The molecule has 1 saturated heterocycles. The van der Waals surface area contributed by atoms with Crippen LogP contribution in [0.3, 0.4) is 0 Å². The molecule has 0 spiro atoms. The van der Waals surface area contributed by atoms with Crippen LogP contribution in [-0.2, 0) is 14.3 Å². The second-order valence-electron chi connectivity index (χ2n) is 4.69. The van der Waals surface area contributed by atoms with Crippen LogP contribution in [0.25, 0.3) is 0 Å². The summed E-state index contributed by atoms with van der Waals surface area (Å²) in [6, 6.07) is -0.549. The van der Waals surface area contributed by atoms with Gasteiger partial charge < -0.3 is 15.2 Å². The van der Waals surface area contributed by atoms with Gasteiger partial charge in [-0.1, -0.05) is 0 Å². The molecular weight excluding hydrogens is 266 g/mol. The number of carboxylic acids is 1. The molecule has 0 atom stereocenters. The SMILES string of the molecule is COCCNC(=O)NC(=O)CN1CCC(C(=O)O)CC1. The summed E-state index contributed by atoms with van der Waals surface area (Å²) in [4.78, 5) is 35.6. The third kappa shape index (κ3) is 5.98. The number of nitrogens with one attached hydrogen (secondary N) is 2. The molecule has 20 heavy (non-hydrogen) atoms. The normalized spacial score (nSPS) is 16.6. The average Bonchev–Trinajstić information content (AvgIpc) is 2.39. The number of aliphatic carboxylic acids is 1. The summed E-state index contributed by atoms with van der Waals surface area (Å²) >= 11 is 0. The maximum Gasteiger partial charge on any atom is 0.321 e. The van der Waals surface area contributed by atoms with Crippen molar-refractivity contribution in [2.24, 2.45) is 5.92 Å². The fraction of sp³-hybridized carbons (Fsp3) is 0.750. The van der Waals surface area contributed by atoms with Gasteiger partial charge in [0.25, 0.3) is 0 Å². The van der Waals surface area contributed by atoms with Gasteiger partial charge in [0, 0.05) is 13.7 Å². The molecule has 3 amide bonds. The smallest absolute Gasteiger partial charge is 0.321 e. The van der Waals surface area contributed by atoms with E-state index in [0.29, 0.717) is 39.1 Å². The molecule has 0 aromatic rings. The van der Waals surface area contributed by atoms with Gasteiger partial charge in [0.05, 0.1) is 19.1 Å². The second kappa shape index (κ2) is 8.49. The first-order valence-corrected chi connectivity index (χ1v) is 6.54. The van der Waals surface area contributed by atoms with Gasteiger partial charge in [-0.15, -0.1) is 0 Å².